The lowest BCUT2D eigenvalue weighted by Gasteiger charge is -2.27. The maximum absolute atomic E-state index is 10.9. The van der Waals surface area contributed by atoms with E-state index < -0.39 is 5.97 Å². The number of ether oxygens (including phenoxy) is 1. The predicted octanol–water partition coefficient (Wildman–Crippen LogP) is 2.48. The van der Waals surface area contributed by atoms with Gasteiger partial charge in [0, 0.05) is 18.2 Å². The summed E-state index contributed by atoms with van der Waals surface area (Å²) >= 11 is 0. The van der Waals surface area contributed by atoms with Crippen LogP contribution in [-0.2, 0) is 11.3 Å². The minimum absolute atomic E-state index is 0.0483. The molecule has 112 valence electrons. The van der Waals surface area contributed by atoms with Gasteiger partial charge >= 0.3 is 5.97 Å². The van der Waals surface area contributed by atoms with Crippen molar-refractivity contribution in [3.63, 3.8) is 0 Å². The zero-order valence-corrected chi connectivity index (χ0v) is 12.3. The van der Waals surface area contributed by atoms with Crippen LogP contribution in [0.2, 0.25) is 0 Å². The molecule has 0 fully saturated rings. The lowest BCUT2D eigenvalue weighted by molar-refractivity contribution is -0.139. The number of nitrogens with zero attached hydrogens (tertiary/aromatic N) is 1. The topological polar surface area (TPSA) is 70.0 Å². The summed E-state index contributed by atoms with van der Waals surface area (Å²) in [4.78, 5) is 12.8. The van der Waals surface area contributed by atoms with Crippen LogP contribution < -0.4 is 4.74 Å². The summed E-state index contributed by atoms with van der Waals surface area (Å²) in [6.07, 6.45) is 0.846. The number of hydrogen-bond acceptors (Lipinski definition) is 4. The number of carbonyl (C=O) groups is 1. The molecular weight excluding hydrogens is 258 g/mol. The van der Waals surface area contributed by atoms with E-state index in [9.17, 15) is 9.90 Å². The number of phenolic OH excluding ortho intramolecular Hbond substituents is 1. The van der Waals surface area contributed by atoms with Crippen LogP contribution >= 0.6 is 0 Å². The number of carboxylic acid groups (broad SMARTS) is 1. The summed E-state index contributed by atoms with van der Waals surface area (Å²) < 4.78 is 5.34. The smallest absolute Gasteiger partial charge is 0.317 e. The molecule has 1 unspecified atom stereocenters. The van der Waals surface area contributed by atoms with Gasteiger partial charge in [-0.25, -0.2) is 0 Å². The molecule has 0 aliphatic carbocycles. The lowest BCUT2D eigenvalue weighted by atomic mass is 10.1. The normalized spacial score (nSPS) is 12.4. The van der Waals surface area contributed by atoms with Gasteiger partial charge in [-0.05, 0) is 26.3 Å². The Morgan fingerprint density at radius 2 is 2.10 bits per heavy atom. The highest BCUT2D eigenvalue weighted by molar-refractivity contribution is 5.69. The summed E-state index contributed by atoms with van der Waals surface area (Å²) in [6.45, 7) is 6.65. The van der Waals surface area contributed by atoms with Crippen molar-refractivity contribution in [2.75, 3.05) is 13.2 Å². The van der Waals surface area contributed by atoms with Gasteiger partial charge in [0.1, 0.15) is 0 Å². The first kappa shape index (κ1) is 16.3. The molecule has 0 amide bonds. The highest BCUT2D eigenvalue weighted by Crippen LogP contribution is 2.31. The number of phenols is 1. The molecule has 0 radical (unpaired) electrons. The van der Waals surface area contributed by atoms with E-state index in [0.29, 0.717) is 24.5 Å². The van der Waals surface area contributed by atoms with E-state index in [1.165, 1.54) is 0 Å². The van der Waals surface area contributed by atoms with E-state index in [-0.39, 0.29) is 18.3 Å². The van der Waals surface area contributed by atoms with Gasteiger partial charge in [0.15, 0.2) is 11.5 Å². The van der Waals surface area contributed by atoms with E-state index in [1.807, 2.05) is 25.7 Å². The van der Waals surface area contributed by atoms with Crippen LogP contribution in [0.4, 0.5) is 0 Å². The largest absolute Gasteiger partial charge is 0.504 e. The molecule has 20 heavy (non-hydrogen) atoms. The van der Waals surface area contributed by atoms with Crippen LogP contribution in [0.15, 0.2) is 18.2 Å². The molecule has 0 aromatic heterocycles. The van der Waals surface area contributed by atoms with Gasteiger partial charge < -0.3 is 14.9 Å². The third-order valence-corrected chi connectivity index (χ3v) is 3.31. The molecule has 5 heteroatoms. The molecule has 0 spiro atoms. The predicted molar refractivity (Wildman–Crippen MR) is 77.1 cm³/mol. The van der Waals surface area contributed by atoms with Crippen molar-refractivity contribution in [1.29, 1.82) is 0 Å². The number of aromatic hydroxyl groups is 1. The minimum Gasteiger partial charge on any atom is -0.504 e. The Labute approximate surface area is 119 Å². The zero-order chi connectivity index (χ0) is 15.1. The number of rotatable bonds is 8. The van der Waals surface area contributed by atoms with Crippen molar-refractivity contribution in [2.45, 2.75) is 39.8 Å². The van der Waals surface area contributed by atoms with Crippen LogP contribution in [0.3, 0.4) is 0 Å². The molecular formula is C15H23NO4. The van der Waals surface area contributed by atoms with Gasteiger partial charge in [-0.1, -0.05) is 19.1 Å². The van der Waals surface area contributed by atoms with Crippen LogP contribution in [0.5, 0.6) is 11.5 Å². The molecule has 0 saturated heterocycles. The van der Waals surface area contributed by atoms with Crippen LogP contribution in [-0.4, -0.2) is 40.3 Å². The van der Waals surface area contributed by atoms with Gasteiger partial charge in [-0.3, -0.25) is 9.69 Å². The molecule has 1 rings (SSSR count). The Kier molecular flexibility index (Phi) is 6.31. The SMILES string of the molecule is CCOc1cccc(CN(CC(=O)O)C(C)CC)c1O. The summed E-state index contributed by atoms with van der Waals surface area (Å²) in [6, 6.07) is 5.42. The van der Waals surface area contributed by atoms with Gasteiger partial charge in [0.05, 0.1) is 13.2 Å². The van der Waals surface area contributed by atoms with Crippen molar-refractivity contribution in [3.8, 4) is 11.5 Å². The maximum atomic E-state index is 10.9. The number of para-hydroxylation sites is 1. The molecule has 1 aromatic rings. The first-order valence-electron chi connectivity index (χ1n) is 6.89. The summed E-state index contributed by atoms with van der Waals surface area (Å²) in [5.41, 5.74) is 0.678. The van der Waals surface area contributed by atoms with Gasteiger partial charge in [0.2, 0.25) is 0 Å². The molecule has 0 saturated carbocycles. The second-order valence-electron chi connectivity index (χ2n) is 4.75. The molecule has 0 aliphatic rings. The highest BCUT2D eigenvalue weighted by Gasteiger charge is 2.18. The zero-order valence-electron chi connectivity index (χ0n) is 12.3. The first-order valence-corrected chi connectivity index (χ1v) is 6.89. The monoisotopic (exact) mass is 281 g/mol. The summed E-state index contributed by atoms with van der Waals surface area (Å²) in [5, 5.41) is 19.1. The Morgan fingerprint density at radius 3 is 2.65 bits per heavy atom. The summed E-state index contributed by atoms with van der Waals surface area (Å²) in [7, 11) is 0. The fourth-order valence-corrected chi connectivity index (χ4v) is 1.99. The molecule has 5 nitrogen and oxygen atoms in total. The average Bonchev–Trinajstić information content (AvgIpc) is 2.41. The third-order valence-electron chi connectivity index (χ3n) is 3.31. The first-order chi connectivity index (χ1) is 9.49. The quantitative estimate of drug-likeness (QED) is 0.766. The molecule has 0 bridgehead atoms. The van der Waals surface area contributed by atoms with Crippen LogP contribution in [0.1, 0.15) is 32.8 Å². The van der Waals surface area contributed by atoms with Gasteiger partial charge in [-0.15, -0.1) is 0 Å². The number of aliphatic carboxylic acids is 1. The average molecular weight is 281 g/mol. The summed E-state index contributed by atoms with van der Waals surface area (Å²) in [5.74, 6) is -0.344. The van der Waals surface area contributed by atoms with Crippen molar-refractivity contribution < 1.29 is 19.7 Å². The van der Waals surface area contributed by atoms with E-state index in [4.69, 9.17) is 9.84 Å². The van der Waals surface area contributed by atoms with Crippen molar-refractivity contribution in [2.24, 2.45) is 0 Å². The fraction of sp³-hybridized carbons (Fsp3) is 0.533. The molecule has 1 aromatic carbocycles. The Balaban J connectivity index is 2.92. The standard InChI is InChI=1S/C15H23NO4/c1-4-11(3)16(10-14(17)18)9-12-7-6-8-13(15(12)19)20-5-2/h6-8,11,19H,4-5,9-10H2,1-3H3,(H,17,18). The molecule has 0 heterocycles. The molecule has 0 aliphatic heterocycles. The minimum atomic E-state index is -0.870. The third kappa shape index (κ3) is 4.42. The van der Waals surface area contributed by atoms with E-state index in [2.05, 4.69) is 0 Å². The number of carboxylic acids is 1. The van der Waals surface area contributed by atoms with E-state index in [1.54, 1.807) is 18.2 Å². The van der Waals surface area contributed by atoms with E-state index in [0.717, 1.165) is 6.42 Å². The van der Waals surface area contributed by atoms with Gasteiger partial charge in [-0.2, -0.15) is 0 Å². The van der Waals surface area contributed by atoms with Crippen LogP contribution in [0.25, 0.3) is 0 Å². The Morgan fingerprint density at radius 1 is 1.40 bits per heavy atom. The lowest BCUT2D eigenvalue weighted by Crippen LogP contribution is -2.36. The van der Waals surface area contributed by atoms with Crippen LogP contribution in [0, 0.1) is 0 Å². The maximum Gasteiger partial charge on any atom is 0.317 e. The van der Waals surface area contributed by atoms with Crippen molar-refractivity contribution >= 4 is 5.97 Å². The number of hydrogen-bond donors (Lipinski definition) is 2. The van der Waals surface area contributed by atoms with Crippen molar-refractivity contribution in [1.82, 2.24) is 4.90 Å². The Bertz CT molecular complexity index is 447. The second kappa shape index (κ2) is 7.75. The number of benzene rings is 1. The van der Waals surface area contributed by atoms with E-state index >= 15 is 0 Å². The molecule has 1 atom stereocenters. The van der Waals surface area contributed by atoms with Crippen molar-refractivity contribution in [3.05, 3.63) is 23.8 Å². The molecule has 2 N–H and O–H groups in total. The fourth-order valence-electron chi connectivity index (χ4n) is 1.99. The van der Waals surface area contributed by atoms with Gasteiger partial charge in [0.25, 0.3) is 0 Å². The second-order valence-corrected chi connectivity index (χ2v) is 4.75. The Hall–Kier alpha value is -1.75. The highest BCUT2D eigenvalue weighted by atomic mass is 16.5.